The average molecular weight is 210 g/mol. The van der Waals surface area contributed by atoms with Crippen LogP contribution in [0.1, 0.15) is 71.6 Å². The second-order valence-electron chi connectivity index (χ2n) is 5.11. The summed E-state index contributed by atoms with van der Waals surface area (Å²) in [5.74, 6) is 1.54. The topological polar surface area (TPSA) is 17.1 Å². The van der Waals surface area contributed by atoms with E-state index in [4.69, 9.17) is 0 Å². The Hall–Kier alpha value is -0.330. The summed E-state index contributed by atoms with van der Waals surface area (Å²) < 4.78 is 0. The molecule has 1 aliphatic carbocycles. The lowest BCUT2D eigenvalue weighted by Gasteiger charge is -2.28. The summed E-state index contributed by atoms with van der Waals surface area (Å²) in [5, 5.41) is 0. The van der Waals surface area contributed by atoms with E-state index >= 15 is 0 Å². The fourth-order valence-electron chi connectivity index (χ4n) is 2.92. The number of ketones is 1. The molecule has 1 fully saturated rings. The molecular weight excluding hydrogens is 184 g/mol. The van der Waals surface area contributed by atoms with Crippen molar-refractivity contribution >= 4 is 5.78 Å². The van der Waals surface area contributed by atoms with Crippen molar-refractivity contribution in [2.45, 2.75) is 71.6 Å². The molecule has 0 saturated heterocycles. The molecule has 1 heteroatoms. The molecule has 0 heterocycles. The van der Waals surface area contributed by atoms with Crippen LogP contribution in [-0.2, 0) is 4.79 Å². The van der Waals surface area contributed by atoms with E-state index in [1.165, 1.54) is 51.4 Å². The zero-order valence-electron chi connectivity index (χ0n) is 10.4. The molecule has 0 aromatic carbocycles. The van der Waals surface area contributed by atoms with E-state index in [9.17, 15) is 4.79 Å². The van der Waals surface area contributed by atoms with Gasteiger partial charge in [-0.2, -0.15) is 0 Å². The van der Waals surface area contributed by atoms with Crippen molar-refractivity contribution in [3.63, 3.8) is 0 Å². The van der Waals surface area contributed by atoms with Crippen LogP contribution in [0.25, 0.3) is 0 Å². The van der Waals surface area contributed by atoms with E-state index in [2.05, 4.69) is 6.92 Å². The molecule has 1 atom stereocenters. The first-order chi connectivity index (χ1) is 7.25. The highest BCUT2D eigenvalue weighted by Gasteiger charge is 2.26. The second kappa shape index (κ2) is 7.03. The Morgan fingerprint density at radius 3 is 2.40 bits per heavy atom. The van der Waals surface area contributed by atoms with Gasteiger partial charge in [-0.1, -0.05) is 45.4 Å². The van der Waals surface area contributed by atoms with Gasteiger partial charge in [0, 0.05) is 5.92 Å². The number of hydrogen-bond donors (Lipinski definition) is 0. The summed E-state index contributed by atoms with van der Waals surface area (Å²) in [4.78, 5) is 11.6. The molecule has 88 valence electrons. The highest BCUT2D eigenvalue weighted by molar-refractivity contribution is 5.78. The van der Waals surface area contributed by atoms with Gasteiger partial charge in [-0.3, -0.25) is 4.79 Å². The minimum absolute atomic E-state index is 0.386. The van der Waals surface area contributed by atoms with Crippen LogP contribution in [0.5, 0.6) is 0 Å². The summed E-state index contributed by atoms with van der Waals surface area (Å²) in [7, 11) is 0. The molecular formula is C14H26O. The summed E-state index contributed by atoms with van der Waals surface area (Å²) in [5.41, 5.74) is 0. The summed E-state index contributed by atoms with van der Waals surface area (Å²) in [6, 6.07) is 0. The maximum atomic E-state index is 11.6. The van der Waals surface area contributed by atoms with E-state index in [1.807, 2.05) is 0 Å². The van der Waals surface area contributed by atoms with Crippen LogP contribution in [0.4, 0.5) is 0 Å². The molecule has 0 aromatic heterocycles. The Bertz CT molecular complexity index is 180. The molecule has 1 nitrogen and oxygen atoms in total. The van der Waals surface area contributed by atoms with Crippen LogP contribution in [-0.4, -0.2) is 5.78 Å². The molecule has 0 bridgehead atoms. The van der Waals surface area contributed by atoms with Gasteiger partial charge in [0.25, 0.3) is 0 Å². The third kappa shape index (κ3) is 4.36. The molecule has 0 amide bonds. The van der Waals surface area contributed by atoms with Crippen molar-refractivity contribution in [3.8, 4) is 0 Å². The minimum atomic E-state index is 0.386. The van der Waals surface area contributed by atoms with Crippen LogP contribution >= 0.6 is 0 Å². The fourth-order valence-corrected chi connectivity index (χ4v) is 2.92. The largest absolute Gasteiger partial charge is 0.300 e. The lowest BCUT2D eigenvalue weighted by molar-refractivity contribution is -0.123. The van der Waals surface area contributed by atoms with Crippen molar-refractivity contribution in [2.75, 3.05) is 0 Å². The van der Waals surface area contributed by atoms with E-state index in [-0.39, 0.29) is 0 Å². The van der Waals surface area contributed by atoms with Crippen LogP contribution in [0.2, 0.25) is 0 Å². The number of Topliss-reactive ketones (excluding diaryl/α,β-unsaturated/α-hetero) is 1. The van der Waals surface area contributed by atoms with Crippen molar-refractivity contribution in [1.82, 2.24) is 0 Å². The average Bonchev–Trinajstić information content (AvgIpc) is 2.25. The van der Waals surface area contributed by atoms with Crippen LogP contribution in [0.15, 0.2) is 0 Å². The van der Waals surface area contributed by atoms with Crippen LogP contribution in [0.3, 0.4) is 0 Å². The van der Waals surface area contributed by atoms with E-state index in [0.717, 1.165) is 6.42 Å². The summed E-state index contributed by atoms with van der Waals surface area (Å²) >= 11 is 0. The van der Waals surface area contributed by atoms with Crippen molar-refractivity contribution < 1.29 is 4.79 Å². The molecule has 0 spiro atoms. The molecule has 0 aliphatic heterocycles. The Kier molecular flexibility index (Phi) is 5.97. The summed E-state index contributed by atoms with van der Waals surface area (Å²) in [6.45, 7) is 4.02. The number of carbonyl (C=O) groups is 1. The highest BCUT2D eigenvalue weighted by Crippen LogP contribution is 2.33. The standard InChI is InChI=1S/C14H26O/c1-3-4-6-11-14(12(2)15)13-9-7-5-8-10-13/h13-14H,3-11H2,1-2H3. The third-order valence-electron chi connectivity index (χ3n) is 3.86. The molecule has 1 aliphatic rings. The summed E-state index contributed by atoms with van der Waals surface area (Å²) in [6.07, 6.45) is 11.6. The first kappa shape index (κ1) is 12.7. The lowest BCUT2D eigenvalue weighted by atomic mass is 9.76. The van der Waals surface area contributed by atoms with E-state index in [1.54, 1.807) is 6.92 Å². The van der Waals surface area contributed by atoms with Crippen LogP contribution in [0, 0.1) is 11.8 Å². The van der Waals surface area contributed by atoms with Gasteiger partial charge in [0.2, 0.25) is 0 Å². The molecule has 1 saturated carbocycles. The predicted molar refractivity (Wildman–Crippen MR) is 64.9 cm³/mol. The maximum Gasteiger partial charge on any atom is 0.133 e. The number of carbonyl (C=O) groups excluding carboxylic acids is 1. The fraction of sp³-hybridized carbons (Fsp3) is 0.929. The van der Waals surface area contributed by atoms with Gasteiger partial charge in [-0.15, -0.1) is 0 Å². The predicted octanol–water partition coefficient (Wildman–Crippen LogP) is 4.35. The van der Waals surface area contributed by atoms with E-state index in [0.29, 0.717) is 17.6 Å². The molecule has 0 radical (unpaired) electrons. The van der Waals surface area contributed by atoms with Gasteiger partial charge in [0.1, 0.15) is 5.78 Å². The first-order valence-corrected chi connectivity index (χ1v) is 6.76. The first-order valence-electron chi connectivity index (χ1n) is 6.76. The Morgan fingerprint density at radius 2 is 1.87 bits per heavy atom. The molecule has 1 unspecified atom stereocenters. The number of hydrogen-bond acceptors (Lipinski definition) is 1. The second-order valence-corrected chi connectivity index (χ2v) is 5.11. The highest BCUT2D eigenvalue weighted by atomic mass is 16.1. The Labute approximate surface area is 94.6 Å². The smallest absolute Gasteiger partial charge is 0.133 e. The number of unbranched alkanes of at least 4 members (excludes halogenated alkanes) is 2. The van der Waals surface area contributed by atoms with Crippen molar-refractivity contribution in [3.05, 3.63) is 0 Å². The lowest BCUT2D eigenvalue weighted by Crippen LogP contribution is -2.24. The molecule has 0 aromatic rings. The molecule has 1 rings (SSSR count). The SMILES string of the molecule is CCCCCC(C(C)=O)C1CCCCC1. The molecule has 0 N–H and O–H groups in total. The Morgan fingerprint density at radius 1 is 1.20 bits per heavy atom. The van der Waals surface area contributed by atoms with Gasteiger partial charge in [-0.25, -0.2) is 0 Å². The monoisotopic (exact) mass is 210 g/mol. The number of rotatable bonds is 6. The molecule has 15 heavy (non-hydrogen) atoms. The van der Waals surface area contributed by atoms with Gasteiger partial charge in [0.05, 0.1) is 0 Å². The van der Waals surface area contributed by atoms with Gasteiger partial charge in [0.15, 0.2) is 0 Å². The zero-order valence-corrected chi connectivity index (χ0v) is 10.4. The van der Waals surface area contributed by atoms with Gasteiger partial charge < -0.3 is 0 Å². The van der Waals surface area contributed by atoms with E-state index < -0.39 is 0 Å². The maximum absolute atomic E-state index is 11.6. The quantitative estimate of drug-likeness (QED) is 0.596. The van der Waals surface area contributed by atoms with Crippen molar-refractivity contribution in [2.24, 2.45) is 11.8 Å². The van der Waals surface area contributed by atoms with Crippen LogP contribution < -0.4 is 0 Å². The van der Waals surface area contributed by atoms with Gasteiger partial charge in [-0.05, 0) is 32.1 Å². The third-order valence-corrected chi connectivity index (χ3v) is 3.86. The zero-order chi connectivity index (χ0) is 11.1. The van der Waals surface area contributed by atoms with Crippen molar-refractivity contribution in [1.29, 1.82) is 0 Å². The normalized spacial score (nSPS) is 20.1. The minimum Gasteiger partial charge on any atom is -0.300 e. The van der Waals surface area contributed by atoms with Gasteiger partial charge >= 0.3 is 0 Å². The Balaban J connectivity index is 2.37.